The van der Waals surface area contributed by atoms with Gasteiger partial charge >= 0.3 is 5.97 Å². The fourth-order valence-electron chi connectivity index (χ4n) is 1.97. The number of ketones is 1. The first kappa shape index (κ1) is 9.89. The Labute approximate surface area is 86.1 Å². The number of Topliss-reactive ketones (excluding diaryl/α,β-unsaturated/α-hetero) is 1. The summed E-state index contributed by atoms with van der Waals surface area (Å²) in [6.45, 7) is 0. The van der Waals surface area contributed by atoms with Gasteiger partial charge in [-0.2, -0.15) is 0 Å². The second-order valence-electron chi connectivity index (χ2n) is 3.79. The first-order valence-electron chi connectivity index (χ1n) is 4.79. The van der Waals surface area contributed by atoms with E-state index in [1.54, 1.807) is 0 Å². The number of aliphatic carboxylic acids is 1. The molecule has 0 spiro atoms. The number of carboxylic acid groups (broad SMARTS) is 1. The number of nitrogens with zero attached hydrogens (tertiary/aromatic N) is 1. The van der Waals surface area contributed by atoms with Gasteiger partial charge in [0.05, 0.1) is 6.20 Å². The van der Waals surface area contributed by atoms with E-state index in [1.807, 2.05) is 0 Å². The largest absolute Gasteiger partial charge is 0.480 e. The molecule has 1 aliphatic carbocycles. The number of hydrogen-bond donors (Lipinski definition) is 1. The first-order valence-corrected chi connectivity index (χ1v) is 4.79. The lowest BCUT2D eigenvalue weighted by molar-refractivity contribution is -0.146. The van der Waals surface area contributed by atoms with Gasteiger partial charge in [0.15, 0.2) is 6.39 Å². The molecule has 0 atom stereocenters. The Kier molecular flexibility index (Phi) is 2.30. The third-order valence-electron chi connectivity index (χ3n) is 2.97. The highest BCUT2D eigenvalue weighted by molar-refractivity contribution is 5.86. The molecule has 1 heterocycles. The van der Waals surface area contributed by atoms with Crippen LogP contribution in [0.15, 0.2) is 17.0 Å². The monoisotopic (exact) mass is 209 g/mol. The summed E-state index contributed by atoms with van der Waals surface area (Å²) in [6, 6.07) is 0. The predicted molar refractivity (Wildman–Crippen MR) is 49.3 cm³/mol. The summed E-state index contributed by atoms with van der Waals surface area (Å²) < 4.78 is 5.07. The molecule has 1 aliphatic rings. The van der Waals surface area contributed by atoms with Gasteiger partial charge in [0.25, 0.3) is 0 Å². The standard InChI is InChI=1S/C10H11NO4/c12-7-1-3-10(4-2-7,9(13)14)8-5-11-6-15-8/h5-6H,1-4H2,(H,13,14). The number of carbonyl (C=O) groups excluding carboxylic acids is 1. The predicted octanol–water partition coefficient (Wildman–Crippen LogP) is 1.14. The van der Waals surface area contributed by atoms with E-state index in [0.29, 0.717) is 31.4 Å². The molecule has 0 radical (unpaired) electrons. The number of carboxylic acids is 1. The zero-order valence-corrected chi connectivity index (χ0v) is 8.10. The van der Waals surface area contributed by atoms with Crippen molar-refractivity contribution in [1.82, 2.24) is 4.98 Å². The highest BCUT2D eigenvalue weighted by Gasteiger charge is 2.45. The van der Waals surface area contributed by atoms with E-state index in [2.05, 4.69) is 4.98 Å². The Morgan fingerprint density at radius 2 is 2.13 bits per heavy atom. The van der Waals surface area contributed by atoms with Crippen LogP contribution in [0.2, 0.25) is 0 Å². The average Bonchev–Trinajstić information content (AvgIpc) is 2.72. The number of aromatic nitrogens is 1. The maximum absolute atomic E-state index is 11.3. The molecule has 0 amide bonds. The fourth-order valence-corrected chi connectivity index (χ4v) is 1.97. The molecule has 5 heteroatoms. The molecule has 0 aliphatic heterocycles. The van der Waals surface area contributed by atoms with Crippen LogP contribution < -0.4 is 0 Å². The van der Waals surface area contributed by atoms with Crippen molar-refractivity contribution in [3.8, 4) is 0 Å². The second kappa shape index (κ2) is 3.49. The van der Waals surface area contributed by atoms with Crippen LogP contribution in [0.3, 0.4) is 0 Å². The maximum Gasteiger partial charge on any atom is 0.317 e. The lowest BCUT2D eigenvalue weighted by Gasteiger charge is -2.29. The van der Waals surface area contributed by atoms with Crippen LogP contribution in [0, 0.1) is 0 Å². The van der Waals surface area contributed by atoms with E-state index in [1.165, 1.54) is 12.6 Å². The maximum atomic E-state index is 11.3. The molecular formula is C10H11NO4. The molecule has 1 fully saturated rings. The molecule has 2 rings (SSSR count). The number of carbonyl (C=O) groups is 2. The minimum atomic E-state index is -1.05. The van der Waals surface area contributed by atoms with Crippen molar-refractivity contribution in [3.63, 3.8) is 0 Å². The van der Waals surface area contributed by atoms with Crippen molar-refractivity contribution >= 4 is 11.8 Å². The highest BCUT2D eigenvalue weighted by Crippen LogP contribution is 2.38. The third-order valence-corrected chi connectivity index (χ3v) is 2.97. The lowest BCUT2D eigenvalue weighted by Crippen LogP contribution is -2.39. The molecule has 0 bridgehead atoms. The van der Waals surface area contributed by atoms with Crippen LogP contribution in [0.5, 0.6) is 0 Å². The van der Waals surface area contributed by atoms with Gasteiger partial charge in [-0.3, -0.25) is 9.59 Å². The summed E-state index contributed by atoms with van der Waals surface area (Å²) in [5.74, 6) is -0.472. The van der Waals surface area contributed by atoms with Crippen molar-refractivity contribution in [2.24, 2.45) is 0 Å². The summed E-state index contributed by atoms with van der Waals surface area (Å²) in [6.07, 6.45) is 3.84. The van der Waals surface area contributed by atoms with Crippen LogP contribution in [0.4, 0.5) is 0 Å². The molecule has 0 unspecified atom stereocenters. The third kappa shape index (κ3) is 1.54. The molecule has 80 valence electrons. The summed E-state index contributed by atoms with van der Waals surface area (Å²) in [5.41, 5.74) is -1.05. The molecule has 1 saturated carbocycles. The van der Waals surface area contributed by atoms with E-state index < -0.39 is 11.4 Å². The number of oxazole rings is 1. The zero-order chi connectivity index (χ0) is 10.9. The number of rotatable bonds is 2. The van der Waals surface area contributed by atoms with Crippen molar-refractivity contribution in [1.29, 1.82) is 0 Å². The highest BCUT2D eigenvalue weighted by atomic mass is 16.4. The molecule has 0 saturated heterocycles. The lowest BCUT2D eigenvalue weighted by atomic mass is 9.72. The Hall–Kier alpha value is -1.65. The summed E-state index contributed by atoms with van der Waals surface area (Å²) in [7, 11) is 0. The van der Waals surface area contributed by atoms with Gasteiger partial charge in [-0.25, -0.2) is 4.98 Å². The van der Waals surface area contributed by atoms with E-state index in [-0.39, 0.29) is 5.78 Å². The van der Waals surface area contributed by atoms with E-state index in [9.17, 15) is 14.7 Å². The van der Waals surface area contributed by atoms with E-state index in [0.717, 1.165) is 0 Å². The normalized spacial score (nSPS) is 20.1. The van der Waals surface area contributed by atoms with E-state index >= 15 is 0 Å². The van der Waals surface area contributed by atoms with E-state index in [4.69, 9.17) is 4.42 Å². The molecule has 1 N–H and O–H groups in total. The quantitative estimate of drug-likeness (QED) is 0.789. The van der Waals surface area contributed by atoms with Gasteiger partial charge in [0.1, 0.15) is 17.0 Å². The van der Waals surface area contributed by atoms with Crippen LogP contribution in [0.1, 0.15) is 31.4 Å². The molecule has 1 aromatic heterocycles. The Bertz CT molecular complexity index is 372. The molecular weight excluding hydrogens is 198 g/mol. The van der Waals surface area contributed by atoms with Crippen LogP contribution in [-0.4, -0.2) is 21.8 Å². The van der Waals surface area contributed by atoms with Gasteiger partial charge < -0.3 is 9.52 Å². The number of hydrogen-bond acceptors (Lipinski definition) is 4. The minimum Gasteiger partial charge on any atom is -0.480 e. The van der Waals surface area contributed by atoms with Crippen molar-refractivity contribution < 1.29 is 19.1 Å². The Balaban J connectivity index is 2.34. The topological polar surface area (TPSA) is 80.4 Å². The Morgan fingerprint density at radius 3 is 2.60 bits per heavy atom. The fraction of sp³-hybridized carbons (Fsp3) is 0.500. The second-order valence-corrected chi connectivity index (χ2v) is 3.79. The van der Waals surface area contributed by atoms with Crippen LogP contribution >= 0.6 is 0 Å². The van der Waals surface area contributed by atoms with Crippen molar-refractivity contribution in [2.75, 3.05) is 0 Å². The zero-order valence-electron chi connectivity index (χ0n) is 8.10. The summed E-state index contributed by atoms with van der Waals surface area (Å²) in [4.78, 5) is 26.1. The van der Waals surface area contributed by atoms with Crippen molar-refractivity contribution in [2.45, 2.75) is 31.1 Å². The first-order chi connectivity index (χ1) is 7.15. The smallest absolute Gasteiger partial charge is 0.317 e. The van der Waals surface area contributed by atoms with Crippen molar-refractivity contribution in [3.05, 3.63) is 18.4 Å². The van der Waals surface area contributed by atoms with Gasteiger partial charge in [0.2, 0.25) is 0 Å². The molecule has 0 aromatic carbocycles. The van der Waals surface area contributed by atoms with Gasteiger partial charge in [-0.15, -0.1) is 0 Å². The molecule has 15 heavy (non-hydrogen) atoms. The summed E-state index contributed by atoms with van der Waals surface area (Å²) in [5, 5.41) is 9.25. The van der Waals surface area contributed by atoms with Crippen LogP contribution in [-0.2, 0) is 15.0 Å². The summed E-state index contributed by atoms with van der Waals surface area (Å²) >= 11 is 0. The SMILES string of the molecule is O=C1CCC(C(=O)O)(c2cnco2)CC1. The molecule has 5 nitrogen and oxygen atoms in total. The van der Waals surface area contributed by atoms with Gasteiger partial charge in [0, 0.05) is 12.8 Å². The van der Waals surface area contributed by atoms with Gasteiger partial charge in [-0.1, -0.05) is 0 Å². The van der Waals surface area contributed by atoms with Gasteiger partial charge in [-0.05, 0) is 12.8 Å². The average molecular weight is 209 g/mol. The Morgan fingerprint density at radius 1 is 1.47 bits per heavy atom. The van der Waals surface area contributed by atoms with Crippen LogP contribution in [0.25, 0.3) is 0 Å². The minimum absolute atomic E-state index is 0.117. The molecule has 1 aromatic rings.